The van der Waals surface area contributed by atoms with Crippen LogP contribution in [-0.2, 0) is 21.7 Å². The van der Waals surface area contributed by atoms with E-state index < -0.39 is 0 Å². The van der Waals surface area contributed by atoms with Gasteiger partial charge >= 0.3 is 0 Å². The van der Waals surface area contributed by atoms with Crippen molar-refractivity contribution in [3.8, 4) is 123 Å². The number of nitrogens with zero attached hydrogens (tertiary/aromatic N) is 1. The molecule has 0 fully saturated rings. The molecule has 18 rings (SSSR count). The van der Waals surface area contributed by atoms with Gasteiger partial charge in [-0.3, -0.25) is 0 Å². The Hall–Kier alpha value is -10.5. The molecule has 0 radical (unpaired) electrons. The molecule has 5 aliphatic rings. The molecule has 0 atom stereocenters. The van der Waals surface area contributed by atoms with Crippen molar-refractivity contribution in [3.63, 3.8) is 0 Å². The van der Waals surface area contributed by atoms with Crippen molar-refractivity contribution in [3.05, 3.63) is 317 Å². The third kappa shape index (κ3) is 14.9. The number of unbranched alkanes of at least 4 members (excludes halogenated alkanes) is 20. The Bertz CT molecular complexity index is 5480. The van der Waals surface area contributed by atoms with Crippen LogP contribution in [0.25, 0.3) is 111 Å². The highest BCUT2D eigenvalue weighted by Crippen LogP contribution is 2.62. The molecule has 0 unspecified atom stereocenters. The third-order valence-electron chi connectivity index (χ3n) is 29.1. The number of rotatable bonds is 35. The van der Waals surface area contributed by atoms with Crippen molar-refractivity contribution in [1.29, 1.82) is 0 Å². The number of hydrogen-bond acceptors (Lipinski definition) is 2. The molecule has 0 N–H and O–H groups in total. The van der Waals surface area contributed by atoms with Crippen LogP contribution in [0.3, 0.4) is 0 Å². The number of anilines is 3. The fraction of sp³-hybridized carbons (Fsp3) is 0.339. The molecular formula is C118H125NO. The average Bonchev–Trinajstić information content (AvgIpc) is 1.66. The molecule has 0 bridgehead atoms. The molecule has 2 nitrogen and oxygen atoms in total. The van der Waals surface area contributed by atoms with Gasteiger partial charge in [0.05, 0.1) is 17.1 Å². The van der Waals surface area contributed by atoms with Crippen LogP contribution in [0, 0.1) is 0 Å². The second-order valence-corrected chi connectivity index (χ2v) is 37.4. The minimum Gasteiger partial charge on any atom is -0.453 e. The summed E-state index contributed by atoms with van der Waals surface area (Å²) in [6.45, 7) is 19.2. The zero-order valence-electron chi connectivity index (χ0n) is 73.1. The van der Waals surface area contributed by atoms with Crippen molar-refractivity contribution in [2.75, 3.05) is 4.90 Å². The summed E-state index contributed by atoms with van der Waals surface area (Å²) < 4.78 is 7.29. The molecule has 13 aromatic carbocycles. The summed E-state index contributed by atoms with van der Waals surface area (Å²) in [5, 5.41) is 0. The predicted molar refractivity (Wildman–Crippen MR) is 513 cm³/mol. The number of hydrogen-bond donors (Lipinski definition) is 0. The first-order valence-electron chi connectivity index (χ1n) is 46.9. The van der Waals surface area contributed by atoms with E-state index in [2.05, 4.69) is 333 Å². The van der Waals surface area contributed by atoms with Crippen LogP contribution in [0.4, 0.5) is 17.1 Å². The highest BCUT2D eigenvalue weighted by atomic mass is 16.5. The Balaban J connectivity index is 0.682. The SMILES string of the molecule is CCCCCCCCC1(CCCCCCCC)c2ccccc2-c2ccc(-c3ccc4c(c3)C(C)(C)c3cc(-c5ccc6c(c5)N(c5c(-c7ccccc7)cccc5-c5ccccc5)c5cc(-c7ccc8c(c7)C(C)(C)c7cc(-c9ccc%10c(c9)C(CCCCCCCC)(CCCCCCCC)c9ccccc9-%10)ccc7-8)ccc5O6)ccc3-4)cc21. The summed E-state index contributed by atoms with van der Waals surface area (Å²) in [7, 11) is 0. The monoisotopic (exact) mass is 1570 g/mol. The molecule has 0 saturated carbocycles. The first-order chi connectivity index (χ1) is 58.8. The molecular weight excluding hydrogens is 1450 g/mol. The lowest BCUT2D eigenvalue weighted by Gasteiger charge is -2.36. The Morgan fingerprint density at radius 1 is 0.208 bits per heavy atom. The van der Waals surface area contributed by atoms with Crippen LogP contribution < -0.4 is 9.64 Å². The van der Waals surface area contributed by atoms with Crippen molar-refractivity contribution >= 4 is 17.1 Å². The Morgan fingerprint density at radius 2 is 0.458 bits per heavy atom. The van der Waals surface area contributed by atoms with E-state index in [1.807, 2.05) is 0 Å². The Kier molecular flexibility index (Phi) is 23.4. The summed E-state index contributed by atoms with van der Waals surface area (Å²) >= 11 is 0. The second-order valence-electron chi connectivity index (χ2n) is 37.4. The van der Waals surface area contributed by atoms with E-state index in [9.17, 15) is 0 Å². The lowest BCUT2D eigenvalue weighted by Crippen LogP contribution is -2.25. The van der Waals surface area contributed by atoms with Crippen molar-refractivity contribution in [1.82, 2.24) is 0 Å². The molecule has 120 heavy (non-hydrogen) atoms. The highest BCUT2D eigenvalue weighted by Gasteiger charge is 2.46. The molecule has 2 heteroatoms. The molecule has 13 aromatic rings. The number of para-hydroxylation sites is 1. The van der Waals surface area contributed by atoms with Crippen LogP contribution in [0.15, 0.2) is 273 Å². The summed E-state index contributed by atoms with van der Waals surface area (Å²) in [6, 6.07) is 106. The molecule has 0 amide bonds. The van der Waals surface area contributed by atoms with Gasteiger partial charge in [-0.15, -0.1) is 0 Å². The van der Waals surface area contributed by atoms with Crippen molar-refractivity contribution in [2.45, 2.75) is 257 Å². The van der Waals surface area contributed by atoms with Gasteiger partial charge in [0.15, 0.2) is 11.5 Å². The van der Waals surface area contributed by atoms with Gasteiger partial charge in [-0.25, -0.2) is 0 Å². The fourth-order valence-corrected chi connectivity index (χ4v) is 22.5. The number of ether oxygens (including phenoxy) is 1. The van der Waals surface area contributed by atoms with Gasteiger partial charge in [0, 0.05) is 32.8 Å². The minimum atomic E-state index is -0.261. The molecule has 0 aromatic heterocycles. The van der Waals surface area contributed by atoms with Gasteiger partial charge in [0.2, 0.25) is 0 Å². The lowest BCUT2D eigenvalue weighted by atomic mass is 9.70. The number of fused-ring (bicyclic) bond motifs is 14. The molecule has 1 heterocycles. The number of benzene rings is 13. The van der Waals surface area contributed by atoms with Crippen LogP contribution in [0.5, 0.6) is 11.5 Å². The quantitative estimate of drug-likeness (QED) is 0.0367. The Labute approximate surface area is 719 Å². The lowest BCUT2D eigenvalue weighted by molar-refractivity contribution is 0.398. The van der Waals surface area contributed by atoms with E-state index >= 15 is 0 Å². The highest BCUT2D eigenvalue weighted by molar-refractivity contribution is 6.02. The van der Waals surface area contributed by atoms with Gasteiger partial charge in [0.25, 0.3) is 0 Å². The second kappa shape index (κ2) is 34.9. The van der Waals surface area contributed by atoms with Crippen LogP contribution in [0.2, 0.25) is 0 Å². The topological polar surface area (TPSA) is 12.5 Å². The molecule has 0 spiro atoms. The van der Waals surface area contributed by atoms with Gasteiger partial charge in [0.1, 0.15) is 0 Å². The molecule has 4 aliphatic carbocycles. The molecule has 1 aliphatic heterocycles. The van der Waals surface area contributed by atoms with Gasteiger partial charge in [-0.2, -0.15) is 0 Å². The van der Waals surface area contributed by atoms with Crippen molar-refractivity contribution < 1.29 is 4.74 Å². The summed E-state index contributed by atoms with van der Waals surface area (Å²) in [5.74, 6) is 1.64. The van der Waals surface area contributed by atoms with E-state index in [1.165, 1.54) is 280 Å². The van der Waals surface area contributed by atoms with Crippen LogP contribution in [-0.4, -0.2) is 0 Å². The van der Waals surface area contributed by atoms with E-state index in [1.54, 1.807) is 22.3 Å². The summed E-state index contributed by atoms with van der Waals surface area (Å²) in [4.78, 5) is 2.55. The predicted octanol–water partition coefficient (Wildman–Crippen LogP) is 35.4. The first-order valence-corrected chi connectivity index (χ1v) is 46.9. The average molecular weight is 1570 g/mol. The smallest absolute Gasteiger partial charge is 0.151 e. The van der Waals surface area contributed by atoms with Crippen molar-refractivity contribution in [2.24, 2.45) is 0 Å². The molecule has 608 valence electrons. The third-order valence-corrected chi connectivity index (χ3v) is 29.1. The van der Waals surface area contributed by atoms with Gasteiger partial charge in [-0.05, 0) is 231 Å². The zero-order valence-corrected chi connectivity index (χ0v) is 73.1. The standard InChI is InChI=1S/C118H125NO/c1-9-13-17-21-25-39-70-117(71-40-26-22-18-14-10-2)102-52-37-35-48-94(102)100-66-58-88(78-108(100)117)84-54-62-96-98-64-56-86(76-106(98)115(5,6)104(96)74-84)90-60-68-112-110(80-90)119(114-92(82-44-31-29-32-45-82)50-43-51-93(114)83-46-33-30-34-47-83)111-81-91(61-69-113(111)120-112)87-57-65-99-97-63-55-85(75-105(97)116(7,8)107(99)77-87)89-59-67-101-95-49-36-38-53-103(95)118(109(101)79-89,72-41-27-23-19-15-11-3)73-42-28-24-20-16-12-4/h29-38,43-69,74-81H,9-28,39-42,70-73H2,1-8H3. The molecule has 0 saturated heterocycles. The first kappa shape index (κ1) is 80.5. The van der Waals surface area contributed by atoms with Crippen LogP contribution in [0.1, 0.15) is 280 Å². The van der Waals surface area contributed by atoms with E-state index in [0.29, 0.717) is 0 Å². The minimum absolute atomic E-state index is 0.0251. The van der Waals surface area contributed by atoms with E-state index in [0.717, 1.165) is 61.9 Å². The van der Waals surface area contributed by atoms with E-state index in [4.69, 9.17) is 4.74 Å². The van der Waals surface area contributed by atoms with Gasteiger partial charge in [-0.1, -0.05) is 422 Å². The maximum atomic E-state index is 7.29. The summed E-state index contributed by atoms with van der Waals surface area (Å²) in [5.41, 5.74) is 40.1. The van der Waals surface area contributed by atoms with Crippen LogP contribution >= 0.6 is 0 Å². The Morgan fingerprint density at radius 3 is 0.783 bits per heavy atom. The fourth-order valence-electron chi connectivity index (χ4n) is 22.5. The maximum Gasteiger partial charge on any atom is 0.151 e. The summed E-state index contributed by atoms with van der Waals surface area (Å²) in [6.07, 6.45) is 36.5. The maximum absolute atomic E-state index is 7.29. The normalized spacial score (nSPS) is 14.6. The van der Waals surface area contributed by atoms with Gasteiger partial charge < -0.3 is 9.64 Å². The zero-order chi connectivity index (χ0) is 82.0. The van der Waals surface area contributed by atoms with E-state index in [-0.39, 0.29) is 21.7 Å². The largest absolute Gasteiger partial charge is 0.453 e.